The lowest BCUT2D eigenvalue weighted by molar-refractivity contribution is -0.200. The Morgan fingerprint density at radius 1 is 1.24 bits per heavy atom. The zero-order chi connectivity index (χ0) is 29.3. The minimum atomic E-state index is -0.409. The van der Waals surface area contributed by atoms with Gasteiger partial charge in [0, 0.05) is 44.7 Å². The van der Waals surface area contributed by atoms with E-state index in [1.165, 1.54) is 23.6 Å². The van der Waals surface area contributed by atoms with Crippen LogP contribution < -0.4 is 10.6 Å². The average Bonchev–Trinajstić information content (AvgIpc) is 3.43. The number of methoxy groups -OCH3 is 1. The highest BCUT2D eigenvalue weighted by atomic mass is 16.5. The fourth-order valence-electron chi connectivity index (χ4n) is 8.22. The van der Waals surface area contributed by atoms with Crippen LogP contribution in [0.1, 0.15) is 55.8 Å². The molecular formula is C32H46N6O4. The molecule has 4 heterocycles. The molecule has 4 aliphatic heterocycles. The molecule has 1 aromatic carbocycles. The molecule has 10 heteroatoms. The van der Waals surface area contributed by atoms with Crippen molar-refractivity contribution < 1.29 is 19.0 Å². The summed E-state index contributed by atoms with van der Waals surface area (Å²) in [7, 11) is 3.97. The molecule has 5 aliphatic rings. The van der Waals surface area contributed by atoms with E-state index in [0.717, 1.165) is 38.8 Å². The maximum atomic E-state index is 12.6. The van der Waals surface area contributed by atoms with Crippen molar-refractivity contribution in [3.05, 3.63) is 48.0 Å². The zero-order valence-electron chi connectivity index (χ0n) is 25.0. The van der Waals surface area contributed by atoms with Gasteiger partial charge in [0.25, 0.3) is 0 Å². The van der Waals surface area contributed by atoms with E-state index in [1.54, 1.807) is 7.11 Å². The Morgan fingerprint density at radius 2 is 2.10 bits per heavy atom. The summed E-state index contributed by atoms with van der Waals surface area (Å²) in [4.78, 5) is 19.2. The normalized spacial score (nSPS) is 37.2. The molecule has 7 unspecified atom stereocenters. The van der Waals surface area contributed by atoms with Gasteiger partial charge in [-0.1, -0.05) is 30.8 Å². The van der Waals surface area contributed by atoms with Crippen LogP contribution in [-0.2, 0) is 25.6 Å². The second-order valence-electron chi connectivity index (χ2n) is 12.7. The molecule has 3 saturated heterocycles. The van der Waals surface area contributed by atoms with Crippen LogP contribution in [0.3, 0.4) is 0 Å². The highest BCUT2D eigenvalue weighted by molar-refractivity contribution is 5.87. The summed E-state index contributed by atoms with van der Waals surface area (Å²) >= 11 is 0. The van der Waals surface area contributed by atoms with Crippen molar-refractivity contribution in [1.29, 1.82) is 5.26 Å². The van der Waals surface area contributed by atoms with Crippen LogP contribution in [0.5, 0.6) is 0 Å². The Morgan fingerprint density at radius 3 is 2.86 bits per heavy atom. The summed E-state index contributed by atoms with van der Waals surface area (Å²) in [5.74, 6) is 0.209. The quantitative estimate of drug-likeness (QED) is 0.472. The summed E-state index contributed by atoms with van der Waals surface area (Å²) in [6.45, 7) is 8.00. The van der Waals surface area contributed by atoms with E-state index in [9.17, 15) is 10.1 Å². The third-order valence-corrected chi connectivity index (χ3v) is 10.5. The number of hydrogen-bond donors (Lipinski definition) is 2. The second-order valence-corrected chi connectivity index (χ2v) is 12.7. The van der Waals surface area contributed by atoms with E-state index < -0.39 is 5.60 Å². The van der Waals surface area contributed by atoms with Crippen LogP contribution in [-0.4, -0.2) is 104 Å². The van der Waals surface area contributed by atoms with Crippen LogP contribution in [0, 0.1) is 17.2 Å². The van der Waals surface area contributed by atoms with Crippen LogP contribution in [0.15, 0.2) is 36.9 Å². The van der Waals surface area contributed by atoms with Crippen LogP contribution in [0.2, 0.25) is 0 Å². The Hall–Kier alpha value is -2.36. The smallest absolute Gasteiger partial charge is 0.246 e. The summed E-state index contributed by atoms with van der Waals surface area (Å²) in [5, 5.41) is 17.2. The number of fused-ring (bicyclic) bond motifs is 2. The fraction of sp³-hybridized carbons (Fsp3) is 0.688. The summed E-state index contributed by atoms with van der Waals surface area (Å²) in [6, 6.07) is 11.2. The number of nitrogens with one attached hydrogen (secondary N) is 2. The summed E-state index contributed by atoms with van der Waals surface area (Å²) < 4.78 is 19.5. The minimum absolute atomic E-state index is 0.0546. The van der Waals surface area contributed by atoms with Crippen molar-refractivity contribution in [2.24, 2.45) is 5.92 Å². The molecule has 1 spiro atoms. The first-order chi connectivity index (χ1) is 20.5. The first kappa shape index (κ1) is 29.7. The first-order valence-electron chi connectivity index (χ1n) is 15.6. The van der Waals surface area contributed by atoms with E-state index in [1.807, 2.05) is 4.90 Å². The molecule has 0 radical (unpaired) electrons. The number of amides is 1. The monoisotopic (exact) mass is 578 g/mol. The summed E-state index contributed by atoms with van der Waals surface area (Å²) in [6.07, 6.45) is 6.32. The number of ether oxygens (including phenoxy) is 3. The van der Waals surface area contributed by atoms with Gasteiger partial charge in [0.2, 0.25) is 5.91 Å². The van der Waals surface area contributed by atoms with Gasteiger partial charge >= 0.3 is 0 Å². The molecule has 1 aromatic rings. The lowest BCUT2D eigenvalue weighted by Crippen LogP contribution is -2.73. The predicted molar refractivity (Wildman–Crippen MR) is 158 cm³/mol. The van der Waals surface area contributed by atoms with Crippen molar-refractivity contribution in [3.63, 3.8) is 0 Å². The molecule has 2 N–H and O–H groups in total. The first-order valence-corrected chi connectivity index (χ1v) is 15.6. The van der Waals surface area contributed by atoms with Gasteiger partial charge in [0.05, 0.1) is 37.9 Å². The molecule has 0 bridgehead atoms. The van der Waals surface area contributed by atoms with Gasteiger partial charge in [0.15, 0.2) is 6.35 Å². The standard InChI is InChI=1S/C32H46N6O4/c1-4-28(39)38-17-16-37(19-23(38)12-14-33)30-26-11-13-32(29(40-3)25-10-6-5-8-22(25)20-42-32)18-27(26)34-31(35-30)41-21-24-9-7-15-36(24)2/h4-6,8,10,23-24,26-27,29-31,34-35H,1,7,9,11-13,15-21H2,2-3H3/t23?,24?,26?,27?,29?,30?,31?,32-/m1/s1. The van der Waals surface area contributed by atoms with Gasteiger partial charge in [-0.05, 0) is 62.9 Å². The van der Waals surface area contributed by atoms with Crippen molar-refractivity contribution >= 4 is 5.91 Å². The number of likely N-dealkylation sites (tertiary alicyclic amines) is 1. The van der Waals surface area contributed by atoms with Gasteiger partial charge in [-0.2, -0.15) is 5.26 Å². The molecule has 4 fully saturated rings. The predicted octanol–water partition coefficient (Wildman–Crippen LogP) is 2.34. The number of benzene rings is 1. The molecule has 42 heavy (non-hydrogen) atoms. The molecule has 228 valence electrons. The largest absolute Gasteiger partial charge is 0.374 e. The second kappa shape index (κ2) is 12.7. The Bertz CT molecular complexity index is 1180. The van der Waals surface area contributed by atoms with Gasteiger partial charge in [-0.15, -0.1) is 0 Å². The van der Waals surface area contributed by atoms with E-state index in [4.69, 9.17) is 14.2 Å². The van der Waals surface area contributed by atoms with Crippen LogP contribution in [0.25, 0.3) is 0 Å². The number of likely N-dealkylation sites (N-methyl/N-ethyl adjacent to an activating group) is 1. The minimum Gasteiger partial charge on any atom is -0.374 e. The van der Waals surface area contributed by atoms with Crippen molar-refractivity contribution in [2.75, 3.05) is 46.9 Å². The highest BCUT2D eigenvalue weighted by Crippen LogP contribution is 2.50. The van der Waals surface area contributed by atoms with Crippen molar-refractivity contribution in [2.45, 2.75) is 87.5 Å². The Kier molecular flexibility index (Phi) is 8.98. The van der Waals surface area contributed by atoms with E-state index in [0.29, 0.717) is 44.7 Å². The maximum Gasteiger partial charge on any atom is 0.246 e. The zero-order valence-corrected chi connectivity index (χ0v) is 25.0. The number of rotatable bonds is 7. The van der Waals surface area contributed by atoms with Crippen molar-refractivity contribution in [3.8, 4) is 6.07 Å². The van der Waals surface area contributed by atoms with Gasteiger partial charge in [-0.3, -0.25) is 20.3 Å². The number of nitrogens with zero attached hydrogens (tertiary/aromatic N) is 4. The molecule has 1 saturated carbocycles. The maximum absolute atomic E-state index is 12.6. The van der Waals surface area contributed by atoms with Gasteiger partial charge in [-0.25, -0.2) is 0 Å². The Labute approximate surface area is 249 Å². The molecular weight excluding hydrogens is 532 g/mol. The number of piperazine rings is 1. The van der Waals surface area contributed by atoms with Crippen molar-refractivity contribution in [1.82, 2.24) is 25.3 Å². The van der Waals surface area contributed by atoms with Gasteiger partial charge < -0.3 is 24.0 Å². The average molecular weight is 579 g/mol. The lowest BCUT2D eigenvalue weighted by Gasteiger charge is -2.57. The Balaban J connectivity index is 1.24. The third kappa shape index (κ3) is 5.64. The lowest BCUT2D eigenvalue weighted by atomic mass is 9.68. The topological polar surface area (TPSA) is 102 Å². The molecule has 1 aliphatic carbocycles. The van der Waals surface area contributed by atoms with E-state index >= 15 is 0 Å². The molecule has 1 amide bonds. The number of carbonyl (C=O) groups is 1. The van der Waals surface area contributed by atoms with Crippen LogP contribution in [0.4, 0.5) is 0 Å². The molecule has 10 nitrogen and oxygen atoms in total. The molecule has 0 aromatic heterocycles. The summed E-state index contributed by atoms with van der Waals surface area (Å²) in [5.41, 5.74) is 2.02. The SMILES string of the molecule is C=CC(=O)N1CCN(C2NC(OCC3CCCN3C)NC3C[C@@]4(CCC32)OCc2ccccc2C4OC)CC1CC#N. The number of hydrogen-bond acceptors (Lipinski definition) is 9. The van der Waals surface area contributed by atoms with Crippen LogP contribution >= 0.6 is 0 Å². The molecule has 8 atom stereocenters. The number of nitriles is 1. The number of carbonyl (C=O) groups excluding carboxylic acids is 1. The highest BCUT2D eigenvalue weighted by Gasteiger charge is 2.54. The van der Waals surface area contributed by atoms with E-state index in [2.05, 4.69) is 64.4 Å². The third-order valence-electron chi connectivity index (χ3n) is 10.5. The van der Waals surface area contributed by atoms with E-state index in [-0.39, 0.29) is 36.6 Å². The fourth-order valence-corrected chi connectivity index (χ4v) is 8.22. The molecule has 6 rings (SSSR count). The van der Waals surface area contributed by atoms with Gasteiger partial charge in [0.1, 0.15) is 11.7 Å².